The smallest absolute Gasteiger partial charge is 0.194 e. The van der Waals surface area contributed by atoms with E-state index in [9.17, 15) is 17.6 Å². The average molecular weight is 255 g/mol. The first kappa shape index (κ1) is 12.4. The van der Waals surface area contributed by atoms with Crippen molar-refractivity contribution in [3.63, 3.8) is 0 Å². The molecule has 0 heterocycles. The number of nitrogens with one attached hydrogen (secondary N) is 1. The first-order valence-electron chi connectivity index (χ1n) is 5.20. The lowest BCUT2D eigenvalue weighted by Crippen LogP contribution is -2.03. The molecule has 1 nitrogen and oxygen atoms in total. The van der Waals surface area contributed by atoms with Gasteiger partial charge in [0.15, 0.2) is 17.5 Å². The molecule has 0 amide bonds. The molecule has 5 heteroatoms. The molecule has 0 aliphatic heterocycles. The monoisotopic (exact) mass is 255 g/mol. The highest BCUT2D eigenvalue weighted by atomic mass is 19.2. The van der Waals surface area contributed by atoms with Gasteiger partial charge in [-0.25, -0.2) is 17.6 Å². The van der Waals surface area contributed by atoms with Crippen LogP contribution in [0.2, 0.25) is 0 Å². The Kier molecular flexibility index (Phi) is 3.50. The van der Waals surface area contributed by atoms with E-state index in [4.69, 9.17) is 0 Å². The molecule has 0 fully saturated rings. The van der Waals surface area contributed by atoms with E-state index < -0.39 is 23.3 Å². The van der Waals surface area contributed by atoms with Gasteiger partial charge in [0.25, 0.3) is 0 Å². The summed E-state index contributed by atoms with van der Waals surface area (Å²) >= 11 is 0. The molecule has 18 heavy (non-hydrogen) atoms. The standard InChI is InChI=1S/C13H9F4N/c14-10-4-2-1-3-8(10)7-18-9-5-11(15)13(17)12(16)6-9/h1-6,18H,7H2. The lowest BCUT2D eigenvalue weighted by molar-refractivity contribution is 0.447. The maximum atomic E-state index is 13.3. The third-order valence-corrected chi connectivity index (χ3v) is 2.42. The van der Waals surface area contributed by atoms with Crippen molar-refractivity contribution in [1.29, 1.82) is 0 Å². The Morgan fingerprint density at radius 2 is 1.44 bits per heavy atom. The summed E-state index contributed by atoms with van der Waals surface area (Å²) in [5.74, 6) is -4.52. The Balaban J connectivity index is 2.14. The van der Waals surface area contributed by atoms with Crippen LogP contribution in [0.25, 0.3) is 0 Å². The van der Waals surface area contributed by atoms with Crippen LogP contribution in [0.15, 0.2) is 36.4 Å². The number of anilines is 1. The van der Waals surface area contributed by atoms with Crippen LogP contribution in [0.3, 0.4) is 0 Å². The van der Waals surface area contributed by atoms with Gasteiger partial charge >= 0.3 is 0 Å². The molecule has 0 aliphatic carbocycles. The molecular formula is C13H9F4N. The molecule has 0 atom stereocenters. The molecule has 2 aromatic rings. The van der Waals surface area contributed by atoms with Crippen molar-refractivity contribution in [2.24, 2.45) is 0 Å². The Morgan fingerprint density at radius 3 is 2.06 bits per heavy atom. The van der Waals surface area contributed by atoms with Crippen molar-refractivity contribution in [3.05, 3.63) is 65.2 Å². The van der Waals surface area contributed by atoms with Gasteiger partial charge in [-0.15, -0.1) is 0 Å². The molecule has 0 radical (unpaired) electrons. The van der Waals surface area contributed by atoms with Crippen LogP contribution in [0, 0.1) is 23.3 Å². The number of hydrogen-bond donors (Lipinski definition) is 1. The Hall–Kier alpha value is -2.04. The van der Waals surface area contributed by atoms with Gasteiger partial charge in [0, 0.05) is 29.9 Å². The van der Waals surface area contributed by atoms with Gasteiger partial charge in [-0.05, 0) is 6.07 Å². The number of rotatable bonds is 3. The summed E-state index contributed by atoms with van der Waals surface area (Å²) in [4.78, 5) is 0. The molecule has 2 rings (SSSR count). The van der Waals surface area contributed by atoms with E-state index >= 15 is 0 Å². The van der Waals surface area contributed by atoms with Gasteiger partial charge in [0.05, 0.1) is 0 Å². The molecule has 0 unspecified atom stereocenters. The summed E-state index contributed by atoms with van der Waals surface area (Å²) in [6.07, 6.45) is 0. The van der Waals surface area contributed by atoms with Crippen LogP contribution in [-0.2, 0) is 6.54 Å². The number of benzene rings is 2. The van der Waals surface area contributed by atoms with Crippen LogP contribution in [0.4, 0.5) is 23.2 Å². The third-order valence-electron chi connectivity index (χ3n) is 2.42. The highest BCUT2D eigenvalue weighted by molar-refractivity contribution is 5.44. The SMILES string of the molecule is Fc1ccccc1CNc1cc(F)c(F)c(F)c1. The predicted octanol–water partition coefficient (Wildman–Crippen LogP) is 3.86. The predicted molar refractivity (Wildman–Crippen MR) is 60.0 cm³/mol. The maximum absolute atomic E-state index is 13.3. The fraction of sp³-hybridized carbons (Fsp3) is 0.0769. The van der Waals surface area contributed by atoms with E-state index in [0.29, 0.717) is 5.56 Å². The van der Waals surface area contributed by atoms with E-state index in [1.165, 1.54) is 12.1 Å². The van der Waals surface area contributed by atoms with Crippen LogP contribution < -0.4 is 5.32 Å². The zero-order chi connectivity index (χ0) is 13.1. The van der Waals surface area contributed by atoms with Crippen molar-refractivity contribution in [2.75, 3.05) is 5.32 Å². The van der Waals surface area contributed by atoms with Crippen LogP contribution in [0.1, 0.15) is 5.56 Å². The molecule has 0 saturated heterocycles. The molecule has 0 aromatic heterocycles. The van der Waals surface area contributed by atoms with Gasteiger partial charge < -0.3 is 5.32 Å². The topological polar surface area (TPSA) is 12.0 Å². The minimum atomic E-state index is -1.52. The summed E-state index contributed by atoms with van der Waals surface area (Å²) in [6.45, 7) is 0.0528. The van der Waals surface area contributed by atoms with Crippen molar-refractivity contribution in [1.82, 2.24) is 0 Å². The van der Waals surface area contributed by atoms with E-state index in [2.05, 4.69) is 5.32 Å². The van der Waals surface area contributed by atoms with Crippen molar-refractivity contribution < 1.29 is 17.6 Å². The van der Waals surface area contributed by atoms with Crippen molar-refractivity contribution in [2.45, 2.75) is 6.54 Å². The summed E-state index contributed by atoms with van der Waals surface area (Å²) in [5, 5.41) is 2.62. The zero-order valence-corrected chi connectivity index (χ0v) is 9.18. The lowest BCUT2D eigenvalue weighted by Gasteiger charge is -2.08. The Morgan fingerprint density at radius 1 is 0.833 bits per heavy atom. The second-order valence-electron chi connectivity index (χ2n) is 3.70. The van der Waals surface area contributed by atoms with Gasteiger partial charge in [0.2, 0.25) is 0 Å². The molecule has 0 spiro atoms. The summed E-state index contributed by atoms with van der Waals surface area (Å²) in [7, 11) is 0. The average Bonchev–Trinajstić information content (AvgIpc) is 2.35. The molecular weight excluding hydrogens is 246 g/mol. The minimum Gasteiger partial charge on any atom is -0.381 e. The first-order valence-corrected chi connectivity index (χ1v) is 5.20. The highest BCUT2D eigenvalue weighted by Crippen LogP contribution is 2.18. The fourth-order valence-electron chi connectivity index (χ4n) is 1.50. The summed E-state index contributed by atoms with van der Waals surface area (Å²) in [5.41, 5.74) is 0.400. The second-order valence-corrected chi connectivity index (χ2v) is 3.70. The van der Waals surface area contributed by atoms with E-state index in [1.54, 1.807) is 12.1 Å². The normalized spacial score (nSPS) is 10.4. The Bertz CT molecular complexity index is 546. The van der Waals surface area contributed by atoms with Crippen LogP contribution in [-0.4, -0.2) is 0 Å². The molecule has 0 bridgehead atoms. The first-order chi connectivity index (χ1) is 8.58. The van der Waals surface area contributed by atoms with Crippen LogP contribution in [0.5, 0.6) is 0 Å². The molecule has 2 aromatic carbocycles. The largest absolute Gasteiger partial charge is 0.381 e. The molecule has 0 saturated carbocycles. The summed E-state index contributed by atoms with van der Waals surface area (Å²) < 4.78 is 51.8. The maximum Gasteiger partial charge on any atom is 0.194 e. The Labute approximate surface area is 101 Å². The fourth-order valence-corrected chi connectivity index (χ4v) is 1.50. The lowest BCUT2D eigenvalue weighted by atomic mass is 10.2. The number of hydrogen-bond acceptors (Lipinski definition) is 1. The van der Waals surface area contributed by atoms with Crippen molar-refractivity contribution >= 4 is 5.69 Å². The van der Waals surface area contributed by atoms with E-state index in [1.807, 2.05) is 0 Å². The van der Waals surface area contributed by atoms with Gasteiger partial charge in [-0.2, -0.15) is 0 Å². The molecule has 0 aliphatic rings. The summed E-state index contributed by atoms with van der Waals surface area (Å²) in [6, 6.07) is 7.64. The van der Waals surface area contributed by atoms with Crippen LogP contribution >= 0.6 is 0 Å². The van der Waals surface area contributed by atoms with Gasteiger partial charge in [-0.3, -0.25) is 0 Å². The molecule has 1 N–H and O–H groups in total. The van der Waals surface area contributed by atoms with Gasteiger partial charge in [-0.1, -0.05) is 18.2 Å². The van der Waals surface area contributed by atoms with Crippen molar-refractivity contribution in [3.8, 4) is 0 Å². The van der Waals surface area contributed by atoms with Gasteiger partial charge in [0.1, 0.15) is 5.82 Å². The molecule has 94 valence electrons. The zero-order valence-electron chi connectivity index (χ0n) is 9.18. The quantitative estimate of drug-likeness (QED) is 0.648. The second kappa shape index (κ2) is 5.08. The van der Waals surface area contributed by atoms with E-state index in [0.717, 1.165) is 12.1 Å². The third kappa shape index (κ3) is 2.61. The highest BCUT2D eigenvalue weighted by Gasteiger charge is 2.10. The van der Waals surface area contributed by atoms with E-state index in [-0.39, 0.29) is 12.2 Å². The minimum absolute atomic E-state index is 0.0506. The number of halogens is 4.